The smallest absolute Gasteiger partial charge is 0.130 e. The molecule has 2 aromatic carbocycles. The van der Waals surface area contributed by atoms with Gasteiger partial charge in [-0.25, -0.2) is 8.78 Å². The largest absolute Gasteiger partial charge is 0.388 e. The summed E-state index contributed by atoms with van der Waals surface area (Å²) in [5.74, 6) is -0.886. The van der Waals surface area contributed by atoms with Crippen molar-refractivity contribution in [2.24, 2.45) is 0 Å². The molecule has 1 nitrogen and oxygen atoms in total. The van der Waals surface area contributed by atoms with Gasteiger partial charge in [0.25, 0.3) is 0 Å². The molecule has 4 heteroatoms. The van der Waals surface area contributed by atoms with Gasteiger partial charge in [0.2, 0.25) is 0 Å². The zero-order chi connectivity index (χ0) is 13.1. The van der Waals surface area contributed by atoms with Gasteiger partial charge in [0.1, 0.15) is 11.6 Å². The SMILES string of the molecule is OC(Cc1ccc(F)cc1)c1ccc(Cl)cc1F. The van der Waals surface area contributed by atoms with Crippen LogP contribution in [0.5, 0.6) is 0 Å². The zero-order valence-electron chi connectivity index (χ0n) is 9.41. The summed E-state index contributed by atoms with van der Waals surface area (Å²) >= 11 is 5.64. The summed E-state index contributed by atoms with van der Waals surface area (Å²) in [6.07, 6.45) is -0.758. The van der Waals surface area contributed by atoms with E-state index in [1.807, 2.05) is 0 Å². The van der Waals surface area contributed by atoms with Gasteiger partial charge in [0, 0.05) is 17.0 Å². The van der Waals surface area contributed by atoms with Gasteiger partial charge in [0.05, 0.1) is 6.10 Å². The summed E-state index contributed by atoms with van der Waals surface area (Å²) < 4.78 is 26.3. The van der Waals surface area contributed by atoms with Crippen LogP contribution in [0.1, 0.15) is 17.2 Å². The number of hydrogen-bond acceptors (Lipinski definition) is 1. The Morgan fingerprint density at radius 1 is 1.06 bits per heavy atom. The normalized spacial score (nSPS) is 12.4. The summed E-state index contributed by atoms with van der Waals surface area (Å²) in [5.41, 5.74) is 0.918. The molecule has 0 bridgehead atoms. The standard InChI is InChI=1S/C14H11ClF2O/c15-10-3-6-12(13(17)8-10)14(18)7-9-1-4-11(16)5-2-9/h1-6,8,14,18H,7H2. The highest BCUT2D eigenvalue weighted by Crippen LogP contribution is 2.23. The highest BCUT2D eigenvalue weighted by Gasteiger charge is 2.13. The van der Waals surface area contributed by atoms with Crippen LogP contribution < -0.4 is 0 Å². The third kappa shape index (κ3) is 3.06. The topological polar surface area (TPSA) is 20.2 Å². The average Bonchev–Trinajstić information content (AvgIpc) is 2.32. The number of benzene rings is 2. The summed E-state index contributed by atoms with van der Waals surface area (Å²) in [4.78, 5) is 0. The van der Waals surface area contributed by atoms with E-state index < -0.39 is 11.9 Å². The van der Waals surface area contributed by atoms with Gasteiger partial charge in [-0.05, 0) is 29.8 Å². The van der Waals surface area contributed by atoms with E-state index in [1.165, 1.54) is 24.3 Å². The predicted octanol–water partition coefficient (Wildman–Crippen LogP) is 3.89. The second-order valence-electron chi connectivity index (χ2n) is 4.01. The van der Waals surface area contributed by atoms with Crippen LogP contribution in [0.25, 0.3) is 0 Å². The lowest BCUT2D eigenvalue weighted by Crippen LogP contribution is -2.04. The molecule has 94 valence electrons. The fourth-order valence-corrected chi connectivity index (χ4v) is 1.88. The number of halogens is 3. The quantitative estimate of drug-likeness (QED) is 0.895. The van der Waals surface area contributed by atoms with Crippen LogP contribution >= 0.6 is 11.6 Å². The van der Waals surface area contributed by atoms with E-state index in [9.17, 15) is 13.9 Å². The summed E-state index contributed by atoms with van der Waals surface area (Å²) in [7, 11) is 0. The number of hydrogen-bond donors (Lipinski definition) is 1. The Morgan fingerprint density at radius 2 is 1.72 bits per heavy atom. The van der Waals surface area contributed by atoms with Crippen molar-refractivity contribution in [3.8, 4) is 0 Å². The first-order chi connectivity index (χ1) is 8.56. The molecule has 2 rings (SSSR count). The Labute approximate surface area is 109 Å². The van der Waals surface area contributed by atoms with E-state index >= 15 is 0 Å². The predicted molar refractivity (Wildman–Crippen MR) is 66.5 cm³/mol. The third-order valence-corrected chi connectivity index (χ3v) is 2.90. The molecule has 1 unspecified atom stereocenters. The first kappa shape index (κ1) is 13.0. The van der Waals surface area contributed by atoms with Crippen LogP contribution in [-0.4, -0.2) is 5.11 Å². The molecule has 0 saturated carbocycles. The number of aliphatic hydroxyl groups excluding tert-OH is 1. The van der Waals surface area contributed by atoms with Crippen LogP contribution in [0.15, 0.2) is 42.5 Å². The average molecular weight is 269 g/mol. The van der Waals surface area contributed by atoms with Crippen LogP contribution in [0.3, 0.4) is 0 Å². The molecule has 0 heterocycles. The number of rotatable bonds is 3. The first-order valence-electron chi connectivity index (χ1n) is 5.44. The van der Waals surface area contributed by atoms with Crippen molar-refractivity contribution >= 4 is 11.6 Å². The highest BCUT2D eigenvalue weighted by molar-refractivity contribution is 6.30. The van der Waals surface area contributed by atoms with E-state index in [1.54, 1.807) is 12.1 Å². The Hall–Kier alpha value is -1.45. The maximum absolute atomic E-state index is 13.6. The van der Waals surface area contributed by atoms with E-state index in [2.05, 4.69) is 0 Å². The van der Waals surface area contributed by atoms with E-state index in [4.69, 9.17) is 11.6 Å². The maximum atomic E-state index is 13.6. The van der Waals surface area contributed by atoms with Crippen molar-refractivity contribution in [1.82, 2.24) is 0 Å². The van der Waals surface area contributed by atoms with Gasteiger partial charge in [-0.1, -0.05) is 29.8 Å². The zero-order valence-corrected chi connectivity index (χ0v) is 10.2. The molecule has 0 amide bonds. The maximum Gasteiger partial charge on any atom is 0.130 e. The monoisotopic (exact) mass is 268 g/mol. The van der Waals surface area contributed by atoms with Gasteiger partial charge < -0.3 is 5.11 Å². The van der Waals surface area contributed by atoms with Crippen molar-refractivity contribution < 1.29 is 13.9 Å². The molecule has 0 aliphatic heterocycles. The molecular weight excluding hydrogens is 258 g/mol. The van der Waals surface area contributed by atoms with Crippen LogP contribution in [0, 0.1) is 11.6 Å². The van der Waals surface area contributed by atoms with Crippen LogP contribution in [0.4, 0.5) is 8.78 Å². The summed E-state index contributed by atoms with van der Waals surface area (Å²) in [5, 5.41) is 10.2. The molecule has 18 heavy (non-hydrogen) atoms. The third-order valence-electron chi connectivity index (χ3n) is 2.66. The lowest BCUT2D eigenvalue weighted by molar-refractivity contribution is 0.173. The molecule has 0 aliphatic rings. The Kier molecular flexibility index (Phi) is 3.94. The molecule has 2 aromatic rings. The Bertz CT molecular complexity index is 540. The minimum absolute atomic E-state index is 0.184. The van der Waals surface area contributed by atoms with Gasteiger partial charge in [-0.15, -0.1) is 0 Å². The number of aliphatic hydroxyl groups is 1. The minimum Gasteiger partial charge on any atom is -0.388 e. The molecule has 1 N–H and O–H groups in total. The van der Waals surface area contributed by atoms with E-state index in [0.29, 0.717) is 0 Å². The summed E-state index contributed by atoms with van der Waals surface area (Å²) in [6, 6.07) is 9.86. The lowest BCUT2D eigenvalue weighted by Gasteiger charge is -2.12. The lowest BCUT2D eigenvalue weighted by atomic mass is 10.0. The molecule has 1 atom stereocenters. The van der Waals surface area contributed by atoms with Crippen molar-refractivity contribution in [2.75, 3.05) is 0 Å². The Morgan fingerprint density at radius 3 is 2.33 bits per heavy atom. The van der Waals surface area contributed by atoms with E-state index in [-0.39, 0.29) is 22.8 Å². The molecule has 0 aliphatic carbocycles. The van der Waals surface area contributed by atoms with Crippen molar-refractivity contribution in [3.05, 3.63) is 70.2 Å². The Balaban J connectivity index is 2.16. The first-order valence-corrected chi connectivity index (χ1v) is 5.81. The molecule has 0 spiro atoms. The van der Waals surface area contributed by atoms with Crippen molar-refractivity contribution in [3.63, 3.8) is 0 Å². The molecule has 0 aromatic heterocycles. The fraction of sp³-hybridized carbons (Fsp3) is 0.143. The van der Waals surface area contributed by atoms with Gasteiger partial charge in [-0.2, -0.15) is 0 Å². The van der Waals surface area contributed by atoms with Crippen molar-refractivity contribution in [2.45, 2.75) is 12.5 Å². The molecule has 0 saturated heterocycles. The van der Waals surface area contributed by atoms with Gasteiger partial charge in [0.15, 0.2) is 0 Å². The second kappa shape index (κ2) is 5.46. The minimum atomic E-state index is -0.979. The second-order valence-corrected chi connectivity index (χ2v) is 4.45. The van der Waals surface area contributed by atoms with Gasteiger partial charge >= 0.3 is 0 Å². The highest BCUT2D eigenvalue weighted by atomic mass is 35.5. The molecule has 0 fully saturated rings. The van der Waals surface area contributed by atoms with Gasteiger partial charge in [-0.3, -0.25) is 0 Å². The fourth-order valence-electron chi connectivity index (χ4n) is 1.73. The molecule has 0 radical (unpaired) electrons. The summed E-state index contributed by atoms with van der Waals surface area (Å²) in [6.45, 7) is 0. The van der Waals surface area contributed by atoms with E-state index in [0.717, 1.165) is 11.6 Å². The van der Waals surface area contributed by atoms with Crippen molar-refractivity contribution in [1.29, 1.82) is 0 Å². The van der Waals surface area contributed by atoms with Crippen LogP contribution in [-0.2, 0) is 6.42 Å². The van der Waals surface area contributed by atoms with Crippen LogP contribution in [0.2, 0.25) is 5.02 Å². The molecular formula is C14H11ClF2O.